The molecule has 0 saturated carbocycles. The van der Waals surface area contributed by atoms with Gasteiger partial charge in [0, 0.05) is 18.7 Å². The minimum Gasteiger partial charge on any atom is -0.508 e. The lowest BCUT2D eigenvalue weighted by Crippen LogP contribution is -2.30. The molecule has 0 fully saturated rings. The minimum absolute atomic E-state index is 0.0151. The quantitative estimate of drug-likeness (QED) is 0.0560. The van der Waals surface area contributed by atoms with Crippen molar-refractivity contribution in [3.63, 3.8) is 0 Å². The summed E-state index contributed by atoms with van der Waals surface area (Å²) in [6, 6.07) is 7.11. The first-order chi connectivity index (χ1) is 19.9. The lowest BCUT2D eigenvalue weighted by molar-refractivity contribution is 0.0990. The summed E-state index contributed by atoms with van der Waals surface area (Å²) in [5.74, 6) is -1.08. The molecule has 1 atom stereocenters. The van der Waals surface area contributed by atoms with Gasteiger partial charge in [-0.15, -0.1) is 0 Å². The maximum Gasteiger partial charge on any atom is 0.527 e. The monoisotopic (exact) mass is 598 g/mol. The number of rotatable bonds is 14. The van der Waals surface area contributed by atoms with Gasteiger partial charge in [-0.25, -0.2) is 4.57 Å². The molecule has 1 unspecified atom stereocenters. The molecule has 2 aromatic rings. The highest BCUT2D eigenvalue weighted by molar-refractivity contribution is 7.47. The second kappa shape index (κ2) is 15.1. The minimum atomic E-state index is -4.56. The van der Waals surface area contributed by atoms with Crippen molar-refractivity contribution in [2.45, 2.75) is 73.1 Å². The number of carbonyl (C=O) groups excluding carboxylic acids is 1. The van der Waals surface area contributed by atoms with Crippen molar-refractivity contribution in [3.8, 4) is 17.2 Å². The Morgan fingerprint density at radius 2 is 1.69 bits per heavy atom. The maximum absolute atomic E-state index is 13.8. The van der Waals surface area contributed by atoms with Crippen LogP contribution in [0.3, 0.4) is 0 Å². The van der Waals surface area contributed by atoms with E-state index in [2.05, 4.69) is 38.2 Å². The molecule has 1 aliphatic heterocycles. The van der Waals surface area contributed by atoms with Crippen LogP contribution >= 0.6 is 7.82 Å². The number of nitrogens with one attached hydrogen (secondary N) is 1. The molecular formula is C32H43N2O7P. The van der Waals surface area contributed by atoms with Gasteiger partial charge in [0.15, 0.2) is 5.75 Å². The number of hydrogen-bond donors (Lipinski definition) is 4. The fraction of sp³-hybridized carbons (Fsp3) is 0.406. The number of amides is 1. The summed E-state index contributed by atoms with van der Waals surface area (Å²) in [6.07, 6.45) is 11.5. The van der Waals surface area contributed by atoms with Gasteiger partial charge in [-0.3, -0.25) is 14.2 Å². The number of carbonyl (C=O) groups is 1. The third-order valence-corrected chi connectivity index (χ3v) is 7.77. The molecule has 1 heterocycles. The summed E-state index contributed by atoms with van der Waals surface area (Å²) < 4.78 is 23.2. The van der Waals surface area contributed by atoms with Gasteiger partial charge in [0.2, 0.25) is 0 Å². The Balaban J connectivity index is 1.91. The van der Waals surface area contributed by atoms with Crippen LogP contribution in [0.15, 0.2) is 65.3 Å². The number of hydrogen-bond acceptors (Lipinski definition) is 7. The number of para-hydroxylation sites is 1. The first-order valence-corrected chi connectivity index (χ1v) is 15.8. The van der Waals surface area contributed by atoms with E-state index in [1.165, 1.54) is 34.2 Å². The van der Waals surface area contributed by atoms with E-state index in [4.69, 9.17) is 9.05 Å². The molecule has 3 rings (SSSR count). The maximum atomic E-state index is 13.8. The highest BCUT2D eigenvalue weighted by Gasteiger charge is 2.33. The zero-order valence-corrected chi connectivity index (χ0v) is 26.0. The summed E-state index contributed by atoms with van der Waals surface area (Å²) in [7, 11) is -4.56. The molecule has 42 heavy (non-hydrogen) atoms. The zero-order valence-electron chi connectivity index (χ0n) is 25.1. The number of benzene rings is 2. The van der Waals surface area contributed by atoms with Crippen LogP contribution in [0, 0.1) is 0 Å². The largest absolute Gasteiger partial charge is 0.527 e. The fourth-order valence-electron chi connectivity index (χ4n) is 4.47. The topological polar surface area (TPSA) is 129 Å². The zero-order chi connectivity index (χ0) is 30.9. The Hall–Kier alpha value is -3.52. The SMILES string of the molecule is CCCCOP(=O)(O)Oc1cc(O)cc2c1Nc1c(O)cccc1C(=O)N2C/C=C(\C)CC/C=C(\C)CCC=C(C)C. The third kappa shape index (κ3) is 9.24. The summed E-state index contributed by atoms with van der Waals surface area (Å²) >= 11 is 0. The van der Waals surface area contributed by atoms with Crippen LogP contribution in [0.2, 0.25) is 0 Å². The van der Waals surface area contributed by atoms with Crippen molar-refractivity contribution >= 4 is 30.8 Å². The van der Waals surface area contributed by atoms with Gasteiger partial charge >= 0.3 is 7.82 Å². The second-order valence-corrected chi connectivity index (χ2v) is 12.2. The number of anilines is 3. The second-order valence-electron chi connectivity index (χ2n) is 10.8. The van der Waals surface area contributed by atoms with Crippen LogP contribution in [0.4, 0.5) is 17.1 Å². The van der Waals surface area contributed by atoms with Crippen molar-refractivity contribution in [1.82, 2.24) is 0 Å². The summed E-state index contributed by atoms with van der Waals surface area (Å²) in [5, 5.41) is 24.2. The van der Waals surface area contributed by atoms with Crippen molar-refractivity contribution < 1.29 is 33.5 Å². The fourth-order valence-corrected chi connectivity index (χ4v) is 5.27. The average Bonchev–Trinajstić information content (AvgIpc) is 3.02. The van der Waals surface area contributed by atoms with E-state index in [0.717, 1.165) is 37.7 Å². The molecule has 228 valence electrons. The van der Waals surface area contributed by atoms with Crippen LogP contribution in [0.5, 0.6) is 17.2 Å². The van der Waals surface area contributed by atoms with Gasteiger partial charge in [0.1, 0.15) is 17.2 Å². The van der Waals surface area contributed by atoms with Gasteiger partial charge < -0.3 is 25.0 Å². The van der Waals surface area contributed by atoms with Gasteiger partial charge in [-0.1, -0.05) is 54.4 Å². The third-order valence-electron chi connectivity index (χ3n) is 6.84. The molecule has 0 radical (unpaired) electrons. The summed E-state index contributed by atoms with van der Waals surface area (Å²) in [5.41, 5.74) is 4.40. The smallest absolute Gasteiger partial charge is 0.508 e. The Bertz CT molecular complexity index is 1410. The van der Waals surface area contributed by atoms with Gasteiger partial charge in [0.25, 0.3) is 5.91 Å². The highest BCUT2D eigenvalue weighted by atomic mass is 31.2. The van der Waals surface area contributed by atoms with Crippen LogP contribution in [-0.4, -0.2) is 34.2 Å². The van der Waals surface area contributed by atoms with Crippen LogP contribution in [-0.2, 0) is 9.09 Å². The predicted molar refractivity (Wildman–Crippen MR) is 168 cm³/mol. The number of unbranched alkanes of at least 4 members (excludes halogenated alkanes) is 1. The Morgan fingerprint density at radius 1 is 1.00 bits per heavy atom. The molecule has 1 aliphatic rings. The summed E-state index contributed by atoms with van der Waals surface area (Å²) in [6.45, 7) is 10.4. The number of allylic oxidation sites excluding steroid dienone is 5. The molecule has 0 bridgehead atoms. The number of phenols is 2. The van der Waals surface area contributed by atoms with E-state index in [9.17, 15) is 24.5 Å². The number of aromatic hydroxyl groups is 2. The predicted octanol–water partition coefficient (Wildman–Crippen LogP) is 8.52. The number of fused-ring (bicyclic) bond motifs is 2. The van der Waals surface area contributed by atoms with Gasteiger partial charge in [0.05, 0.1) is 23.5 Å². The van der Waals surface area contributed by atoms with E-state index in [-0.39, 0.29) is 53.0 Å². The van der Waals surface area contributed by atoms with E-state index < -0.39 is 13.7 Å². The van der Waals surface area contributed by atoms with Crippen LogP contribution < -0.4 is 14.7 Å². The molecule has 0 spiro atoms. The van der Waals surface area contributed by atoms with Crippen LogP contribution in [0.25, 0.3) is 0 Å². The number of phenolic OH excluding ortho intramolecular Hbond substituents is 2. The van der Waals surface area contributed by atoms with Crippen LogP contribution in [0.1, 0.15) is 83.5 Å². The highest BCUT2D eigenvalue weighted by Crippen LogP contribution is 2.52. The molecular weight excluding hydrogens is 555 g/mol. The van der Waals surface area contributed by atoms with Gasteiger partial charge in [-0.05, 0) is 71.9 Å². The van der Waals surface area contributed by atoms with Crippen molar-refractivity contribution in [3.05, 3.63) is 70.8 Å². The Morgan fingerprint density at radius 3 is 2.38 bits per heavy atom. The number of phosphoric acid groups is 1. The molecule has 10 heteroatoms. The molecule has 0 saturated heterocycles. The lowest BCUT2D eigenvalue weighted by atomic mass is 10.1. The van der Waals surface area contributed by atoms with Crippen molar-refractivity contribution in [2.24, 2.45) is 0 Å². The number of phosphoric ester groups is 1. The van der Waals surface area contributed by atoms with Crippen molar-refractivity contribution in [2.75, 3.05) is 23.4 Å². The Kier molecular flexibility index (Phi) is 11.9. The lowest BCUT2D eigenvalue weighted by Gasteiger charge is -2.24. The average molecular weight is 599 g/mol. The standard InChI is InChI=1S/C32H43N2O7P/c1-6-7-19-40-42(38,39)41-29-21-25(35)20-27-31(29)33-30-26(15-10-16-28(30)36)32(37)34(27)18-17-24(5)14-9-13-23(4)12-8-11-22(2)3/h10-11,13,15-17,20-21,33,35-36H,6-9,12,14,18-19H2,1-5H3,(H,38,39)/b23-13+,24-17+. The van der Waals surface area contributed by atoms with Gasteiger partial charge in [-0.2, -0.15) is 0 Å². The molecule has 2 aromatic carbocycles. The molecule has 0 aliphatic carbocycles. The van der Waals surface area contributed by atoms with E-state index in [1.807, 2.05) is 19.9 Å². The van der Waals surface area contributed by atoms with E-state index in [1.54, 1.807) is 12.1 Å². The molecule has 4 N–H and O–H groups in total. The molecule has 0 aromatic heterocycles. The summed E-state index contributed by atoms with van der Waals surface area (Å²) in [4.78, 5) is 25.6. The van der Waals surface area contributed by atoms with E-state index in [0.29, 0.717) is 6.42 Å². The molecule has 9 nitrogen and oxygen atoms in total. The number of nitrogens with zero attached hydrogens (tertiary/aromatic N) is 1. The first-order valence-electron chi connectivity index (χ1n) is 14.3. The molecule has 1 amide bonds. The normalized spacial score (nSPS) is 14.8. The Labute approximate surface area is 248 Å². The van der Waals surface area contributed by atoms with E-state index >= 15 is 0 Å². The first kappa shape index (κ1) is 33.0. The van der Waals surface area contributed by atoms with Crippen molar-refractivity contribution in [1.29, 1.82) is 0 Å².